The zero-order chi connectivity index (χ0) is 31.8. The molecule has 2 aliphatic carbocycles. The Balaban J connectivity index is 1.41. The van der Waals surface area contributed by atoms with Crippen LogP contribution in [0.3, 0.4) is 0 Å². The van der Waals surface area contributed by atoms with Crippen molar-refractivity contribution in [2.24, 2.45) is 11.8 Å². The Hall–Kier alpha value is -3.71. The van der Waals surface area contributed by atoms with Gasteiger partial charge in [0.25, 0.3) is 5.91 Å². The van der Waals surface area contributed by atoms with Gasteiger partial charge in [0.05, 0.1) is 0 Å². The van der Waals surface area contributed by atoms with Gasteiger partial charge in [-0.1, -0.05) is 56.3 Å². The fraction of sp³-hybridized carbons (Fsp3) is 0.500. The molecule has 0 radical (unpaired) electrons. The minimum absolute atomic E-state index is 0.0365. The molecule has 1 saturated heterocycles. The van der Waals surface area contributed by atoms with Gasteiger partial charge in [-0.3, -0.25) is 19.3 Å². The maximum absolute atomic E-state index is 14.4. The molecule has 1 heterocycles. The summed E-state index contributed by atoms with van der Waals surface area (Å²) in [7, 11) is 0. The van der Waals surface area contributed by atoms with Gasteiger partial charge in [0.2, 0.25) is 0 Å². The quantitative estimate of drug-likeness (QED) is 0.197. The third-order valence-corrected chi connectivity index (χ3v) is 10.1. The number of carbonyl (C=O) groups excluding carboxylic acids is 3. The third kappa shape index (κ3) is 6.51. The molecule has 6 rings (SSSR count). The van der Waals surface area contributed by atoms with E-state index in [1.807, 2.05) is 48.5 Å². The first-order valence-corrected chi connectivity index (χ1v) is 16.6. The van der Waals surface area contributed by atoms with Crippen LogP contribution in [0.15, 0.2) is 66.7 Å². The van der Waals surface area contributed by atoms with Crippen molar-refractivity contribution in [3.05, 3.63) is 77.9 Å². The van der Waals surface area contributed by atoms with Crippen molar-refractivity contribution in [2.75, 3.05) is 26.2 Å². The standard InChI is InChI=1S/C38H46N2O5/c1-26(2)23-40(36(43)32-15-14-30-8-5-6-9-31(30)20-32)34-16-17-38(45-28(4)42)25-39(24-29-12-13-29)19-18-37(38,22-34)33-10-7-11-35(21-33)44-27(3)41/h5-11,14-15,20-21,26,29,34H,12-13,16-19,22-25H2,1-4H3. The number of likely N-dealkylation sites (tertiary alicyclic amines) is 1. The van der Waals surface area contributed by atoms with Gasteiger partial charge in [0.1, 0.15) is 11.4 Å². The van der Waals surface area contributed by atoms with Crippen LogP contribution in [0.2, 0.25) is 0 Å². The lowest BCUT2D eigenvalue weighted by molar-refractivity contribution is -0.189. The van der Waals surface area contributed by atoms with Gasteiger partial charge in [0, 0.05) is 50.5 Å². The molecule has 1 aliphatic heterocycles. The maximum Gasteiger partial charge on any atom is 0.308 e. The smallest absolute Gasteiger partial charge is 0.308 e. The van der Waals surface area contributed by atoms with Crippen molar-refractivity contribution in [2.45, 2.75) is 83.3 Å². The number of hydrogen-bond acceptors (Lipinski definition) is 6. The monoisotopic (exact) mass is 610 g/mol. The van der Waals surface area contributed by atoms with E-state index < -0.39 is 11.0 Å². The summed E-state index contributed by atoms with van der Waals surface area (Å²) in [6, 6.07) is 21.8. The number of hydrogen-bond donors (Lipinski definition) is 0. The number of benzene rings is 3. The van der Waals surface area contributed by atoms with Crippen molar-refractivity contribution >= 4 is 28.6 Å². The Morgan fingerprint density at radius 3 is 2.40 bits per heavy atom. The van der Waals surface area contributed by atoms with Crippen LogP contribution in [0.1, 0.15) is 82.1 Å². The molecule has 3 unspecified atom stereocenters. The largest absolute Gasteiger partial charge is 0.457 e. The average molecular weight is 611 g/mol. The van der Waals surface area contributed by atoms with Gasteiger partial charge in [-0.2, -0.15) is 0 Å². The molecule has 0 bridgehead atoms. The van der Waals surface area contributed by atoms with Crippen molar-refractivity contribution in [3.63, 3.8) is 0 Å². The van der Waals surface area contributed by atoms with Gasteiger partial charge in [0.15, 0.2) is 0 Å². The van der Waals surface area contributed by atoms with Gasteiger partial charge < -0.3 is 14.4 Å². The first-order chi connectivity index (χ1) is 21.6. The third-order valence-electron chi connectivity index (χ3n) is 10.1. The van der Waals surface area contributed by atoms with Crippen LogP contribution in [0.25, 0.3) is 10.8 Å². The van der Waals surface area contributed by atoms with Crippen LogP contribution in [0.4, 0.5) is 0 Å². The predicted octanol–water partition coefficient (Wildman–Crippen LogP) is 6.77. The summed E-state index contributed by atoms with van der Waals surface area (Å²) in [4.78, 5) is 43.8. The van der Waals surface area contributed by atoms with E-state index in [4.69, 9.17) is 9.47 Å². The fourth-order valence-electron chi connectivity index (χ4n) is 8.05. The SMILES string of the molecule is CC(=O)Oc1cccc(C23CCN(CC4CC4)CC2(OC(C)=O)CCC(N(CC(C)C)C(=O)c2ccc4ccccc4c2)C3)c1. The molecule has 3 aromatic carbocycles. The second-order valence-corrected chi connectivity index (χ2v) is 14.0. The summed E-state index contributed by atoms with van der Waals surface area (Å²) in [5, 5.41) is 2.16. The molecular weight excluding hydrogens is 564 g/mol. The zero-order valence-corrected chi connectivity index (χ0v) is 27.1. The number of amides is 1. The molecule has 0 aromatic heterocycles. The second-order valence-electron chi connectivity index (χ2n) is 14.0. The summed E-state index contributed by atoms with van der Waals surface area (Å²) in [6.07, 6.45) is 5.35. The molecule has 2 saturated carbocycles. The van der Waals surface area contributed by atoms with Crippen molar-refractivity contribution < 1.29 is 23.9 Å². The Kier molecular flexibility index (Phi) is 8.75. The molecule has 7 nitrogen and oxygen atoms in total. The lowest BCUT2D eigenvalue weighted by Crippen LogP contribution is -2.69. The normalized spacial score (nSPS) is 25.0. The summed E-state index contributed by atoms with van der Waals surface area (Å²) < 4.78 is 12.1. The Morgan fingerprint density at radius 2 is 1.69 bits per heavy atom. The van der Waals surface area contributed by atoms with Crippen molar-refractivity contribution in [3.8, 4) is 5.75 Å². The van der Waals surface area contributed by atoms with Crippen molar-refractivity contribution in [1.29, 1.82) is 0 Å². The fourth-order valence-corrected chi connectivity index (χ4v) is 8.05. The molecule has 0 spiro atoms. The minimum Gasteiger partial charge on any atom is -0.457 e. The second kappa shape index (κ2) is 12.6. The summed E-state index contributed by atoms with van der Waals surface area (Å²) >= 11 is 0. The van der Waals surface area contributed by atoms with E-state index in [0.717, 1.165) is 48.2 Å². The maximum atomic E-state index is 14.4. The predicted molar refractivity (Wildman–Crippen MR) is 175 cm³/mol. The zero-order valence-electron chi connectivity index (χ0n) is 27.1. The van der Waals surface area contributed by atoms with Gasteiger partial charge in [-0.05, 0) is 97.5 Å². The van der Waals surface area contributed by atoms with Crippen LogP contribution in [0.5, 0.6) is 5.75 Å². The minimum atomic E-state index is -0.757. The van der Waals surface area contributed by atoms with Gasteiger partial charge in [-0.15, -0.1) is 0 Å². The van der Waals surface area contributed by atoms with E-state index in [1.165, 1.54) is 26.7 Å². The molecule has 1 amide bonds. The van der Waals surface area contributed by atoms with Crippen LogP contribution in [-0.4, -0.2) is 65.5 Å². The summed E-state index contributed by atoms with van der Waals surface area (Å²) in [5.74, 6) is 0.860. The number of nitrogens with zero attached hydrogens (tertiary/aromatic N) is 2. The Morgan fingerprint density at radius 1 is 0.911 bits per heavy atom. The van der Waals surface area contributed by atoms with E-state index in [0.29, 0.717) is 37.2 Å². The highest BCUT2D eigenvalue weighted by Gasteiger charge is 2.61. The molecule has 3 aliphatic rings. The van der Waals surface area contributed by atoms with Crippen LogP contribution >= 0.6 is 0 Å². The van der Waals surface area contributed by atoms with Crippen molar-refractivity contribution in [1.82, 2.24) is 9.80 Å². The first kappa shape index (κ1) is 31.3. The molecule has 7 heteroatoms. The lowest BCUT2D eigenvalue weighted by Gasteiger charge is -2.60. The number of piperidine rings is 1. The van der Waals surface area contributed by atoms with Gasteiger partial charge in [-0.25, -0.2) is 0 Å². The summed E-state index contributed by atoms with van der Waals surface area (Å²) in [5.41, 5.74) is 0.376. The van der Waals surface area contributed by atoms with Crippen LogP contribution in [-0.2, 0) is 19.7 Å². The van der Waals surface area contributed by atoms with E-state index in [-0.39, 0.29) is 29.8 Å². The molecule has 238 valence electrons. The number of fused-ring (bicyclic) bond motifs is 2. The van der Waals surface area contributed by atoms with E-state index >= 15 is 0 Å². The number of esters is 2. The Bertz CT molecular complexity index is 1580. The number of carbonyl (C=O) groups is 3. The topological polar surface area (TPSA) is 76.2 Å². The lowest BCUT2D eigenvalue weighted by atomic mass is 9.54. The Labute approximate surface area is 266 Å². The molecule has 3 atom stereocenters. The number of ether oxygens (including phenoxy) is 2. The molecule has 3 aromatic rings. The van der Waals surface area contributed by atoms with Crippen LogP contribution < -0.4 is 4.74 Å². The average Bonchev–Trinajstić information content (AvgIpc) is 3.82. The number of rotatable bonds is 9. The molecule has 3 fully saturated rings. The highest BCUT2D eigenvalue weighted by molar-refractivity contribution is 5.98. The van der Waals surface area contributed by atoms with Crippen LogP contribution in [0, 0.1) is 11.8 Å². The van der Waals surface area contributed by atoms with Gasteiger partial charge >= 0.3 is 11.9 Å². The molecule has 0 N–H and O–H groups in total. The summed E-state index contributed by atoms with van der Waals surface area (Å²) in [6.45, 7) is 10.4. The highest BCUT2D eigenvalue weighted by atomic mass is 16.6. The van der Waals surface area contributed by atoms with E-state index in [1.54, 1.807) is 6.07 Å². The highest BCUT2D eigenvalue weighted by Crippen LogP contribution is 2.55. The molecule has 45 heavy (non-hydrogen) atoms. The van der Waals surface area contributed by atoms with E-state index in [2.05, 4.69) is 35.8 Å². The molecular formula is C38H46N2O5. The van der Waals surface area contributed by atoms with E-state index in [9.17, 15) is 14.4 Å². The first-order valence-electron chi connectivity index (χ1n) is 16.6.